The first kappa shape index (κ1) is 24.3. The van der Waals surface area contributed by atoms with Gasteiger partial charge in [0.2, 0.25) is 0 Å². The molecule has 4 rings (SSSR count). The van der Waals surface area contributed by atoms with Crippen molar-refractivity contribution in [2.75, 3.05) is 0 Å². The molecule has 4 nitrogen and oxygen atoms in total. The van der Waals surface area contributed by atoms with Gasteiger partial charge in [-0.3, -0.25) is 0 Å². The fraction of sp³-hybridized carbons (Fsp3) is 0.192. The van der Waals surface area contributed by atoms with Gasteiger partial charge in [-0.2, -0.15) is 18.3 Å². The van der Waals surface area contributed by atoms with Crippen molar-refractivity contribution in [2.24, 2.45) is 0 Å². The lowest BCUT2D eigenvalue weighted by Gasteiger charge is -2.28. The van der Waals surface area contributed by atoms with Crippen molar-refractivity contribution < 1.29 is 26.7 Å². The molecule has 35 heavy (non-hydrogen) atoms. The van der Waals surface area contributed by atoms with E-state index < -0.39 is 29.8 Å². The highest BCUT2D eigenvalue weighted by Crippen LogP contribution is 2.31. The quantitative estimate of drug-likeness (QED) is 0.292. The van der Waals surface area contributed by atoms with Crippen molar-refractivity contribution >= 4 is 10.9 Å². The maximum Gasteiger partial charge on any atom is 0.430 e. The molecular weight excluding hydrogens is 465 g/mol. The number of allylic oxidation sites excluding steroid dienone is 1. The maximum atomic E-state index is 14.3. The average molecular weight is 487 g/mol. The minimum absolute atomic E-state index is 0.355. The van der Waals surface area contributed by atoms with Crippen LogP contribution in [0.2, 0.25) is 0 Å². The molecule has 3 aromatic carbocycles. The predicted octanol–water partition coefficient (Wildman–Crippen LogP) is 6.79. The van der Waals surface area contributed by atoms with Crippen LogP contribution in [0.25, 0.3) is 16.6 Å². The normalized spacial score (nSPS) is 13.5. The Bertz CT molecular complexity index is 1360. The zero-order valence-corrected chi connectivity index (χ0v) is 18.9. The molecule has 0 fully saturated rings. The van der Waals surface area contributed by atoms with Gasteiger partial charge in [-0.25, -0.2) is 13.5 Å². The highest BCUT2D eigenvalue weighted by molar-refractivity contribution is 5.81. The fourth-order valence-electron chi connectivity index (χ4n) is 3.70. The van der Waals surface area contributed by atoms with Crippen LogP contribution in [-0.4, -0.2) is 22.0 Å². The van der Waals surface area contributed by atoms with Crippen LogP contribution in [0.5, 0.6) is 5.75 Å². The van der Waals surface area contributed by atoms with E-state index >= 15 is 0 Å². The zero-order valence-electron chi connectivity index (χ0n) is 18.9. The van der Waals surface area contributed by atoms with Crippen LogP contribution < -0.4 is 10.1 Å². The molecule has 0 amide bonds. The molecule has 0 radical (unpaired) electrons. The Labute approximate surface area is 198 Å². The first-order valence-corrected chi connectivity index (χ1v) is 10.7. The van der Waals surface area contributed by atoms with Gasteiger partial charge in [-0.1, -0.05) is 18.7 Å². The number of rotatable bonds is 7. The van der Waals surface area contributed by atoms with Gasteiger partial charge < -0.3 is 10.1 Å². The average Bonchev–Trinajstić information content (AvgIpc) is 3.22. The van der Waals surface area contributed by atoms with Crippen LogP contribution in [0.3, 0.4) is 0 Å². The van der Waals surface area contributed by atoms with E-state index in [2.05, 4.69) is 17.0 Å². The van der Waals surface area contributed by atoms with E-state index in [0.717, 1.165) is 5.52 Å². The monoisotopic (exact) mass is 487 g/mol. The van der Waals surface area contributed by atoms with Gasteiger partial charge in [0.15, 0.2) is 0 Å². The summed E-state index contributed by atoms with van der Waals surface area (Å²) in [5.41, 5.74) is 1.03. The molecule has 0 aliphatic heterocycles. The number of aryl methyl sites for hydroxylation is 1. The second-order valence-corrected chi connectivity index (χ2v) is 8.21. The van der Waals surface area contributed by atoms with E-state index in [1.54, 1.807) is 60.3 Å². The van der Waals surface area contributed by atoms with Gasteiger partial charge in [0.25, 0.3) is 0 Å². The SMILES string of the molecule is C=C(N[C@@H](C)[C@H](Oc1ccc2c(cnn2-c2ccc(F)cc2)c1)c1ccc(C)c(F)c1)C(F)(F)F. The molecule has 4 aromatic rings. The van der Waals surface area contributed by atoms with Gasteiger partial charge in [-0.05, 0) is 73.5 Å². The van der Waals surface area contributed by atoms with Crippen LogP contribution in [0.15, 0.2) is 79.1 Å². The number of hydrogen-bond donors (Lipinski definition) is 1. The summed E-state index contributed by atoms with van der Waals surface area (Å²) < 4.78 is 74.5. The summed E-state index contributed by atoms with van der Waals surface area (Å²) in [5.74, 6) is -0.502. The second-order valence-electron chi connectivity index (χ2n) is 8.21. The Morgan fingerprint density at radius 2 is 1.74 bits per heavy atom. The minimum atomic E-state index is -4.63. The van der Waals surface area contributed by atoms with Gasteiger partial charge >= 0.3 is 6.18 Å². The number of halogens is 5. The third-order valence-corrected chi connectivity index (χ3v) is 5.60. The van der Waals surface area contributed by atoms with Gasteiger partial charge in [0.05, 0.1) is 23.4 Å². The number of aromatic nitrogens is 2. The summed E-state index contributed by atoms with van der Waals surface area (Å²) in [4.78, 5) is 0. The second kappa shape index (κ2) is 9.40. The number of ether oxygens (including phenoxy) is 1. The number of hydrogen-bond acceptors (Lipinski definition) is 3. The summed E-state index contributed by atoms with van der Waals surface area (Å²) in [6, 6.07) is 14.4. The van der Waals surface area contributed by atoms with E-state index in [4.69, 9.17) is 4.74 Å². The van der Waals surface area contributed by atoms with Crippen molar-refractivity contribution in [1.29, 1.82) is 0 Å². The fourth-order valence-corrected chi connectivity index (χ4v) is 3.70. The molecule has 0 saturated heterocycles. The first-order valence-electron chi connectivity index (χ1n) is 10.7. The molecule has 2 atom stereocenters. The summed E-state index contributed by atoms with van der Waals surface area (Å²) >= 11 is 0. The van der Waals surface area contributed by atoms with E-state index in [1.165, 1.54) is 25.1 Å². The predicted molar refractivity (Wildman–Crippen MR) is 123 cm³/mol. The number of alkyl halides is 3. The van der Waals surface area contributed by atoms with Crippen molar-refractivity contribution in [3.63, 3.8) is 0 Å². The number of benzene rings is 3. The summed E-state index contributed by atoms with van der Waals surface area (Å²) in [5, 5.41) is 7.36. The zero-order chi connectivity index (χ0) is 25.3. The molecule has 9 heteroatoms. The van der Waals surface area contributed by atoms with Crippen LogP contribution >= 0.6 is 0 Å². The molecule has 1 aromatic heterocycles. The van der Waals surface area contributed by atoms with E-state index in [1.807, 2.05) is 0 Å². The molecular formula is C26H22F5N3O. The number of nitrogens with zero attached hydrogens (tertiary/aromatic N) is 2. The third-order valence-electron chi connectivity index (χ3n) is 5.60. The molecule has 0 aliphatic rings. The van der Waals surface area contributed by atoms with Crippen molar-refractivity contribution in [2.45, 2.75) is 32.2 Å². The van der Waals surface area contributed by atoms with Crippen LogP contribution in [0, 0.1) is 18.6 Å². The van der Waals surface area contributed by atoms with Crippen LogP contribution in [0.1, 0.15) is 24.2 Å². The lowest BCUT2D eigenvalue weighted by atomic mass is 10.0. The Kier molecular flexibility index (Phi) is 6.51. The lowest BCUT2D eigenvalue weighted by Crippen LogP contribution is -2.38. The molecule has 0 unspecified atom stereocenters. The van der Waals surface area contributed by atoms with Crippen molar-refractivity contribution in [3.8, 4) is 11.4 Å². The molecule has 1 heterocycles. The Morgan fingerprint density at radius 3 is 2.40 bits per heavy atom. The highest BCUT2D eigenvalue weighted by atomic mass is 19.4. The molecule has 0 spiro atoms. The highest BCUT2D eigenvalue weighted by Gasteiger charge is 2.35. The summed E-state index contributed by atoms with van der Waals surface area (Å²) in [6.45, 7) is 6.15. The topological polar surface area (TPSA) is 39.1 Å². The lowest BCUT2D eigenvalue weighted by molar-refractivity contribution is -0.0981. The minimum Gasteiger partial charge on any atom is -0.484 e. The summed E-state index contributed by atoms with van der Waals surface area (Å²) in [6.07, 6.45) is -4.00. The number of fused-ring (bicyclic) bond motifs is 1. The Morgan fingerprint density at radius 1 is 1.03 bits per heavy atom. The molecule has 0 bridgehead atoms. The van der Waals surface area contributed by atoms with Crippen LogP contribution in [-0.2, 0) is 0 Å². The van der Waals surface area contributed by atoms with E-state index in [9.17, 15) is 22.0 Å². The first-order chi connectivity index (χ1) is 16.5. The Hall–Kier alpha value is -3.88. The van der Waals surface area contributed by atoms with Gasteiger partial charge in [0.1, 0.15) is 29.2 Å². The van der Waals surface area contributed by atoms with Gasteiger partial charge in [-0.15, -0.1) is 0 Å². The smallest absolute Gasteiger partial charge is 0.430 e. The van der Waals surface area contributed by atoms with Crippen molar-refractivity contribution in [3.05, 3.63) is 102 Å². The van der Waals surface area contributed by atoms with Crippen molar-refractivity contribution in [1.82, 2.24) is 15.1 Å². The molecule has 1 N–H and O–H groups in total. The molecule has 0 saturated carbocycles. The molecule has 0 aliphatic carbocycles. The van der Waals surface area contributed by atoms with E-state index in [-0.39, 0.29) is 5.82 Å². The number of nitrogens with one attached hydrogen (secondary N) is 1. The summed E-state index contributed by atoms with van der Waals surface area (Å²) in [7, 11) is 0. The largest absolute Gasteiger partial charge is 0.484 e. The Balaban J connectivity index is 1.66. The third kappa shape index (κ3) is 5.29. The van der Waals surface area contributed by atoms with Gasteiger partial charge in [0, 0.05) is 5.39 Å². The maximum absolute atomic E-state index is 14.3. The molecule has 182 valence electrons. The van der Waals surface area contributed by atoms with E-state index in [0.29, 0.717) is 28.0 Å². The van der Waals surface area contributed by atoms with Crippen LogP contribution in [0.4, 0.5) is 22.0 Å². The standard InChI is InChI=1S/C26H22F5N3O/c1-15-4-5-18(13-23(15)28)25(16(2)33-17(3)26(29,30)31)35-22-10-11-24-19(12-22)14-32-34(24)21-8-6-20(27)7-9-21/h4-14,16,25,33H,3H2,1-2H3/t16-,25-/m0/s1.